The lowest BCUT2D eigenvalue weighted by Gasteiger charge is -2.28. The van der Waals surface area contributed by atoms with Crippen LogP contribution in [-0.2, 0) is 4.79 Å². The molecule has 0 aromatic heterocycles. The van der Waals surface area contributed by atoms with Crippen molar-refractivity contribution in [3.05, 3.63) is 33.8 Å². The highest BCUT2D eigenvalue weighted by Crippen LogP contribution is 2.30. The summed E-state index contributed by atoms with van der Waals surface area (Å²) >= 11 is 12.0. The second kappa shape index (κ2) is 7.93. The molecule has 0 saturated carbocycles. The van der Waals surface area contributed by atoms with E-state index < -0.39 is 0 Å². The fourth-order valence-corrected chi connectivity index (χ4v) is 4.88. The number of amides is 2. The molecule has 26 heavy (non-hydrogen) atoms. The topological polar surface area (TPSA) is 52.7 Å². The molecule has 8 heteroatoms. The fourth-order valence-electron chi connectivity index (χ4n) is 4.36. The van der Waals surface area contributed by atoms with Gasteiger partial charge < -0.3 is 15.1 Å². The minimum atomic E-state index is -0.364. The molecule has 4 rings (SSSR count). The second-order valence-corrected chi connectivity index (χ2v) is 8.11. The number of likely N-dealkylation sites (tertiary alicyclic amines) is 2. The van der Waals surface area contributed by atoms with Gasteiger partial charge in [-0.1, -0.05) is 23.2 Å². The van der Waals surface area contributed by atoms with Gasteiger partial charge in [0, 0.05) is 48.3 Å². The Bertz CT molecular complexity index is 683. The number of hydrogen-bond donors (Lipinski definition) is 1. The van der Waals surface area contributed by atoms with Crippen LogP contribution in [0.2, 0.25) is 10.0 Å². The zero-order valence-corrected chi connectivity index (χ0v) is 16.6. The van der Waals surface area contributed by atoms with Gasteiger partial charge >= 0.3 is 0 Å². The van der Waals surface area contributed by atoms with Gasteiger partial charge in [0.05, 0.1) is 0 Å². The van der Waals surface area contributed by atoms with Crippen molar-refractivity contribution in [3.63, 3.8) is 0 Å². The third kappa shape index (κ3) is 3.68. The number of nitrogens with zero attached hydrogens (tertiary/aromatic N) is 2. The first-order chi connectivity index (χ1) is 12.0. The second-order valence-electron chi connectivity index (χ2n) is 7.24. The number of nitrogens with one attached hydrogen (secondary N) is 1. The molecule has 1 N–H and O–H groups in total. The van der Waals surface area contributed by atoms with Crippen molar-refractivity contribution in [3.8, 4) is 0 Å². The zero-order chi connectivity index (χ0) is 17.6. The lowest BCUT2D eigenvalue weighted by Crippen LogP contribution is -2.47. The van der Waals surface area contributed by atoms with Gasteiger partial charge in [0.25, 0.3) is 5.91 Å². The van der Waals surface area contributed by atoms with Crippen molar-refractivity contribution in [1.29, 1.82) is 0 Å². The lowest BCUT2D eigenvalue weighted by atomic mass is 10.0. The number of carbonyl (C=O) groups is 2. The molecule has 1 aromatic rings. The maximum absolute atomic E-state index is 13.0. The summed E-state index contributed by atoms with van der Waals surface area (Å²) in [5.41, 5.74) is 0.444. The number of carbonyl (C=O) groups excluding carboxylic acids is 2. The third-order valence-electron chi connectivity index (χ3n) is 5.61. The zero-order valence-electron chi connectivity index (χ0n) is 14.3. The van der Waals surface area contributed by atoms with Crippen LogP contribution in [0.25, 0.3) is 0 Å². The smallest absolute Gasteiger partial charge is 0.254 e. The molecular formula is C18H22Cl3N3O2. The van der Waals surface area contributed by atoms with E-state index in [0.717, 1.165) is 39.0 Å². The number of rotatable bonds is 2. The van der Waals surface area contributed by atoms with Gasteiger partial charge in [-0.3, -0.25) is 9.59 Å². The summed E-state index contributed by atoms with van der Waals surface area (Å²) in [4.78, 5) is 29.6. The first-order valence-corrected chi connectivity index (χ1v) is 9.55. The summed E-state index contributed by atoms with van der Waals surface area (Å²) in [5.74, 6) is 1.04. The summed E-state index contributed by atoms with van der Waals surface area (Å²) in [6.45, 7) is 4.18. The Balaban J connectivity index is 0.00000196. The van der Waals surface area contributed by atoms with Crippen LogP contribution in [0.4, 0.5) is 0 Å². The average Bonchev–Trinajstić information content (AvgIpc) is 3.27. The Kier molecular flexibility index (Phi) is 6.02. The molecule has 0 aliphatic carbocycles. The summed E-state index contributed by atoms with van der Waals surface area (Å²) in [6.07, 6.45) is 1.57. The van der Waals surface area contributed by atoms with Crippen molar-refractivity contribution < 1.29 is 9.59 Å². The van der Waals surface area contributed by atoms with Gasteiger partial charge in [-0.25, -0.2) is 0 Å². The summed E-state index contributed by atoms with van der Waals surface area (Å²) in [5, 5.41) is 4.24. The Morgan fingerprint density at radius 2 is 1.65 bits per heavy atom. The van der Waals surface area contributed by atoms with Crippen LogP contribution in [0.5, 0.6) is 0 Å². The molecule has 5 nitrogen and oxygen atoms in total. The maximum Gasteiger partial charge on any atom is 0.254 e. The van der Waals surface area contributed by atoms with Crippen LogP contribution >= 0.6 is 35.6 Å². The molecule has 3 atom stereocenters. The molecule has 2 amide bonds. The van der Waals surface area contributed by atoms with E-state index in [-0.39, 0.29) is 30.3 Å². The first-order valence-electron chi connectivity index (χ1n) is 8.79. The normalized spacial score (nSPS) is 27.4. The molecule has 0 spiro atoms. The third-order valence-corrected chi connectivity index (χ3v) is 6.05. The molecular weight excluding hydrogens is 397 g/mol. The molecule has 1 unspecified atom stereocenters. The number of hydrogen-bond acceptors (Lipinski definition) is 3. The number of benzene rings is 1. The molecule has 3 heterocycles. The quantitative estimate of drug-likeness (QED) is 0.803. The van der Waals surface area contributed by atoms with E-state index in [2.05, 4.69) is 5.32 Å². The van der Waals surface area contributed by atoms with Crippen molar-refractivity contribution in [2.24, 2.45) is 11.8 Å². The van der Waals surface area contributed by atoms with E-state index in [4.69, 9.17) is 23.2 Å². The highest BCUT2D eigenvalue weighted by molar-refractivity contribution is 6.35. The predicted octanol–water partition coefficient (Wildman–Crippen LogP) is 2.70. The minimum absolute atomic E-state index is 0. The monoisotopic (exact) mass is 417 g/mol. The van der Waals surface area contributed by atoms with Crippen molar-refractivity contribution in [2.75, 3.05) is 32.7 Å². The summed E-state index contributed by atoms with van der Waals surface area (Å²) in [7, 11) is 0. The first kappa shape index (κ1) is 19.7. The fraction of sp³-hybridized carbons (Fsp3) is 0.556. The van der Waals surface area contributed by atoms with Gasteiger partial charge in [0.2, 0.25) is 5.91 Å². The highest BCUT2D eigenvalue weighted by atomic mass is 35.5. The van der Waals surface area contributed by atoms with Crippen LogP contribution < -0.4 is 5.32 Å². The van der Waals surface area contributed by atoms with Gasteiger partial charge in [0.15, 0.2) is 0 Å². The Hall–Kier alpha value is -1.01. The van der Waals surface area contributed by atoms with E-state index in [1.807, 2.05) is 4.90 Å². The van der Waals surface area contributed by atoms with Crippen molar-refractivity contribution >= 4 is 47.4 Å². The maximum atomic E-state index is 13.0. The summed E-state index contributed by atoms with van der Waals surface area (Å²) in [6, 6.07) is 4.46. The van der Waals surface area contributed by atoms with Gasteiger partial charge in [-0.15, -0.1) is 12.4 Å². The van der Waals surface area contributed by atoms with Crippen LogP contribution in [-0.4, -0.2) is 60.4 Å². The van der Waals surface area contributed by atoms with Crippen molar-refractivity contribution in [2.45, 2.75) is 18.9 Å². The highest BCUT2D eigenvalue weighted by Gasteiger charge is 2.43. The van der Waals surface area contributed by atoms with E-state index in [1.54, 1.807) is 23.1 Å². The van der Waals surface area contributed by atoms with Crippen LogP contribution in [0.1, 0.15) is 23.2 Å². The molecule has 3 aliphatic heterocycles. The molecule has 142 valence electrons. The Labute approximate surface area is 169 Å². The van der Waals surface area contributed by atoms with Crippen LogP contribution in [0.3, 0.4) is 0 Å². The van der Waals surface area contributed by atoms with E-state index in [1.165, 1.54) is 0 Å². The molecule has 3 saturated heterocycles. The molecule has 1 aromatic carbocycles. The molecule has 3 aliphatic rings. The predicted molar refractivity (Wildman–Crippen MR) is 104 cm³/mol. The van der Waals surface area contributed by atoms with Gasteiger partial charge in [0.1, 0.15) is 6.04 Å². The molecule has 3 fully saturated rings. The van der Waals surface area contributed by atoms with E-state index in [0.29, 0.717) is 34.0 Å². The van der Waals surface area contributed by atoms with Crippen LogP contribution in [0, 0.1) is 11.8 Å². The summed E-state index contributed by atoms with van der Waals surface area (Å²) < 4.78 is 0. The molecule has 0 radical (unpaired) electrons. The van der Waals surface area contributed by atoms with Crippen molar-refractivity contribution in [1.82, 2.24) is 15.1 Å². The molecule has 0 bridgehead atoms. The lowest BCUT2D eigenvalue weighted by molar-refractivity contribution is -0.134. The number of halogens is 3. The minimum Gasteiger partial charge on any atom is -0.340 e. The SMILES string of the molecule is Cl.O=C(C1CCCN1C(=O)c1cc(Cl)cc(Cl)c1)N1C[C@H]2CNC[C@H]2C1. The average molecular weight is 419 g/mol. The van der Waals surface area contributed by atoms with Crippen LogP contribution in [0.15, 0.2) is 18.2 Å². The van der Waals surface area contributed by atoms with E-state index in [9.17, 15) is 9.59 Å². The standard InChI is InChI=1S/C18H21Cl2N3O2.ClH/c19-14-4-11(5-15(20)6-14)17(24)23-3-1-2-16(23)18(25)22-9-12-7-21-8-13(12)10-22;/h4-6,12-13,16,21H,1-3,7-10H2;1H/t12-,13+,16?;. The van der Waals surface area contributed by atoms with Gasteiger partial charge in [-0.05, 0) is 42.9 Å². The Morgan fingerprint density at radius 1 is 1.04 bits per heavy atom. The Morgan fingerprint density at radius 3 is 2.27 bits per heavy atom. The van der Waals surface area contributed by atoms with Gasteiger partial charge in [-0.2, -0.15) is 0 Å². The van der Waals surface area contributed by atoms with E-state index >= 15 is 0 Å². The largest absolute Gasteiger partial charge is 0.340 e. The number of fused-ring (bicyclic) bond motifs is 1.